The lowest BCUT2D eigenvalue weighted by Crippen LogP contribution is -2.47. The van der Waals surface area contributed by atoms with E-state index in [1.54, 1.807) is 19.2 Å². The van der Waals surface area contributed by atoms with E-state index in [1.165, 1.54) is 4.68 Å². The number of anilines is 1. The zero-order valence-electron chi connectivity index (χ0n) is 12.6. The van der Waals surface area contributed by atoms with Gasteiger partial charge in [0, 0.05) is 49.5 Å². The number of hydrogen-bond donors (Lipinski definition) is 0. The summed E-state index contributed by atoms with van der Waals surface area (Å²) in [7, 11) is 1.66. The predicted molar refractivity (Wildman–Crippen MR) is 81.4 cm³/mol. The van der Waals surface area contributed by atoms with Gasteiger partial charge in [-0.05, 0) is 28.3 Å². The quantitative estimate of drug-likeness (QED) is 0.591. The summed E-state index contributed by atoms with van der Waals surface area (Å²) >= 11 is 0. The molecule has 0 amide bonds. The number of hydrogen-bond acceptors (Lipinski definition) is 6. The zero-order valence-corrected chi connectivity index (χ0v) is 12.6. The van der Waals surface area contributed by atoms with E-state index >= 15 is 0 Å². The second-order valence-corrected chi connectivity index (χ2v) is 6.20. The molecule has 2 aliphatic rings. The van der Waals surface area contributed by atoms with Crippen LogP contribution in [-0.4, -0.2) is 37.3 Å². The van der Waals surface area contributed by atoms with Crippen molar-refractivity contribution in [3.8, 4) is 0 Å². The highest BCUT2D eigenvalue weighted by Crippen LogP contribution is 2.36. The molecule has 0 saturated carbocycles. The Morgan fingerprint density at radius 1 is 1.30 bits per heavy atom. The van der Waals surface area contributed by atoms with Crippen molar-refractivity contribution in [3.63, 3.8) is 0 Å². The third kappa shape index (κ3) is 2.19. The van der Waals surface area contributed by atoms with Crippen molar-refractivity contribution in [1.82, 2.24) is 19.3 Å². The molecule has 0 aliphatic carbocycles. The Bertz CT molecular complexity index is 841. The van der Waals surface area contributed by atoms with Crippen molar-refractivity contribution in [2.45, 2.75) is 18.9 Å². The minimum atomic E-state index is -0.580. The van der Waals surface area contributed by atoms with Crippen LogP contribution in [-0.2, 0) is 13.6 Å². The van der Waals surface area contributed by atoms with Crippen LogP contribution in [0.25, 0.3) is 0 Å². The van der Waals surface area contributed by atoms with Gasteiger partial charge in [0.25, 0.3) is 5.56 Å². The van der Waals surface area contributed by atoms with Crippen molar-refractivity contribution in [2.24, 2.45) is 13.0 Å². The van der Waals surface area contributed by atoms with Gasteiger partial charge in [0.1, 0.15) is 0 Å². The average molecular weight is 316 g/mol. The predicted octanol–water partition coefficient (Wildman–Crippen LogP) is 0.509. The van der Waals surface area contributed by atoms with Gasteiger partial charge in [0.2, 0.25) is 0 Å². The maximum Gasteiger partial charge on any atom is 0.493 e. The van der Waals surface area contributed by atoms with E-state index in [0.717, 1.165) is 18.7 Å². The molecule has 0 aromatic carbocycles. The number of aryl methyl sites for hydroxylation is 1. The third-order valence-corrected chi connectivity index (χ3v) is 4.65. The first-order valence-corrected chi connectivity index (χ1v) is 7.53. The molecular weight excluding hydrogens is 300 g/mol. The lowest BCUT2D eigenvalue weighted by molar-refractivity contribution is -0.394. The van der Waals surface area contributed by atoms with Gasteiger partial charge >= 0.3 is 11.9 Å². The second-order valence-electron chi connectivity index (χ2n) is 6.20. The Balaban J connectivity index is 1.69. The van der Waals surface area contributed by atoms with Crippen LogP contribution in [0.3, 0.4) is 0 Å². The van der Waals surface area contributed by atoms with Crippen molar-refractivity contribution in [1.29, 1.82) is 0 Å². The Kier molecular flexibility index (Phi) is 2.97. The first-order chi connectivity index (χ1) is 11.0. The molecule has 2 aromatic heterocycles. The molecule has 2 atom stereocenters. The summed E-state index contributed by atoms with van der Waals surface area (Å²) < 4.78 is 3.31. The number of rotatable bonds is 2. The van der Waals surface area contributed by atoms with Crippen LogP contribution >= 0.6 is 0 Å². The molecule has 2 aliphatic heterocycles. The van der Waals surface area contributed by atoms with Crippen molar-refractivity contribution >= 4 is 11.9 Å². The van der Waals surface area contributed by atoms with Gasteiger partial charge < -0.3 is 19.6 Å². The van der Waals surface area contributed by atoms with Crippen LogP contribution in [0.15, 0.2) is 23.0 Å². The fourth-order valence-electron chi connectivity index (χ4n) is 3.78. The Labute approximate surface area is 131 Å². The summed E-state index contributed by atoms with van der Waals surface area (Å²) in [6, 6.07) is 5.37. The van der Waals surface area contributed by atoms with Gasteiger partial charge in [-0.25, -0.2) is 0 Å². The number of pyridine rings is 1. The lowest BCUT2D eigenvalue weighted by Gasteiger charge is -2.42. The Hall–Kier alpha value is -2.71. The summed E-state index contributed by atoms with van der Waals surface area (Å²) in [5, 5.41) is 14.7. The summed E-state index contributed by atoms with van der Waals surface area (Å²) in [5.74, 6) is 0.692. The summed E-state index contributed by atoms with van der Waals surface area (Å²) in [6.07, 6.45) is 1.03. The molecule has 9 nitrogen and oxygen atoms in total. The monoisotopic (exact) mass is 316 g/mol. The highest BCUT2D eigenvalue weighted by molar-refractivity contribution is 5.36. The van der Waals surface area contributed by atoms with Crippen molar-refractivity contribution in [3.05, 3.63) is 44.4 Å². The van der Waals surface area contributed by atoms with E-state index in [2.05, 4.69) is 10.1 Å². The topological polar surface area (TPSA) is 99.1 Å². The fourth-order valence-corrected chi connectivity index (χ4v) is 3.78. The maximum atomic E-state index is 12.0. The summed E-state index contributed by atoms with van der Waals surface area (Å²) in [5.41, 5.74) is 1.08. The molecule has 4 rings (SSSR count). The van der Waals surface area contributed by atoms with Gasteiger partial charge in [-0.3, -0.25) is 4.79 Å². The standard InChI is InChI=1S/C14H16N6O3/c1-17-14(15-13(16-17)20(22)23)18-6-9-5-10(8-18)11-3-2-4-12(21)19(11)7-9/h2-4,9-10H,5-8H2,1H3. The van der Waals surface area contributed by atoms with Gasteiger partial charge in [-0.2, -0.15) is 4.68 Å². The number of piperidine rings is 1. The molecule has 0 radical (unpaired) electrons. The third-order valence-electron chi connectivity index (χ3n) is 4.65. The van der Waals surface area contributed by atoms with Crippen LogP contribution in [0, 0.1) is 16.0 Å². The van der Waals surface area contributed by atoms with Crippen molar-refractivity contribution in [2.75, 3.05) is 18.0 Å². The first-order valence-electron chi connectivity index (χ1n) is 7.53. The molecule has 2 aromatic rings. The highest BCUT2D eigenvalue weighted by atomic mass is 16.6. The van der Waals surface area contributed by atoms with E-state index in [0.29, 0.717) is 25.0 Å². The minimum absolute atomic E-state index is 0.0416. The molecule has 1 saturated heterocycles. The lowest BCUT2D eigenvalue weighted by atomic mass is 9.83. The number of aromatic nitrogens is 4. The molecule has 2 bridgehead atoms. The van der Waals surface area contributed by atoms with Crippen LogP contribution in [0.2, 0.25) is 0 Å². The molecule has 4 heterocycles. The normalized spacial score (nSPS) is 22.7. The molecule has 0 N–H and O–H groups in total. The maximum absolute atomic E-state index is 12.0. The second kappa shape index (κ2) is 4.90. The summed E-state index contributed by atoms with van der Waals surface area (Å²) in [6.45, 7) is 2.09. The number of nitrogens with zero attached hydrogens (tertiary/aromatic N) is 6. The van der Waals surface area contributed by atoms with E-state index in [1.807, 2.05) is 15.5 Å². The molecule has 0 spiro atoms. The van der Waals surface area contributed by atoms with Crippen molar-refractivity contribution < 1.29 is 4.92 Å². The molecule has 120 valence electrons. The van der Waals surface area contributed by atoms with Crippen LogP contribution < -0.4 is 10.5 Å². The van der Waals surface area contributed by atoms with E-state index in [-0.39, 0.29) is 17.4 Å². The largest absolute Gasteiger partial charge is 0.493 e. The first kappa shape index (κ1) is 13.9. The number of nitro groups is 1. The minimum Gasteiger partial charge on any atom is -0.390 e. The Morgan fingerprint density at radius 3 is 2.87 bits per heavy atom. The van der Waals surface area contributed by atoms with Crippen LogP contribution in [0.5, 0.6) is 0 Å². The number of fused-ring (bicyclic) bond motifs is 4. The SMILES string of the molecule is Cn1nc([N+](=O)[O-])nc1N1CC2CC(C1)c1cccc(=O)n1C2. The van der Waals surface area contributed by atoms with Gasteiger partial charge in [-0.1, -0.05) is 6.07 Å². The van der Waals surface area contributed by atoms with Gasteiger partial charge in [-0.15, -0.1) is 0 Å². The molecule has 1 fully saturated rings. The van der Waals surface area contributed by atoms with Crippen LogP contribution in [0.4, 0.5) is 11.9 Å². The zero-order chi connectivity index (χ0) is 16.1. The van der Waals surface area contributed by atoms with Gasteiger partial charge in [0.15, 0.2) is 0 Å². The summed E-state index contributed by atoms with van der Waals surface area (Å²) in [4.78, 5) is 28.4. The highest BCUT2D eigenvalue weighted by Gasteiger charge is 2.37. The molecule has 9 heteroatoms. The van der Waals surface area contributed by atoms with Crippen LogP contribution in [0.1, 0.15) is 18.0 Å². The van der Waals surface area contributed by atoms with E-state index in [9.17, 15) is 14.9 Å². The van der Waals surface area contributed by atoms with Gasteiger partial charge in [0.05, 0.1) is 0 Å². The van der Waals surface area contributed by atoms with E-state index in [4.69, 9.17) is 0 Å². The molecule has 23 heavy (non-hydrogen) atoms. The molecular formula is C14H16N6O3. The molecule has 2 unspecified atom stereocenters. The fraction of sp³-hybridized carbons (Fsp3) is 0.500. The van der Waals surface area contributed by atoms with E-state index < -0.39 is 4.92 Å². The smallest absolute Gasteiger partial charge is 0.390 e. The Morgan fingerprint density at radius 2 is 2.13 bits per heavy atom. The average Bonchev–Trinajstić information content (AvgIpc) is 2.90.